The topological polar surface area (TPSA) is 44.7 Å². The molecule has 4 nitrogen and oxygen atoms in total. The first-order valence-electron chi connectivity index (χ1n) is 8.61. The highest BCUT2D eigenvalue weighted by atomic mass is 35.5. The molecule has 0 aromatic heterocycles. The number of hydrogen-bond donors (Lipinski definition) is 2. The minimum absolute atomic E-state index is 0. The van der Waals surface area contributed by atoms with Gasteiger partial charge in [-0.2, -0.15) is 0 Å². The molecule has 24 heavy (non-hydrogen) atoms. The van der Waals surface area contributed by atoms with Gasteiger partial charge in [0.2, 0.25) is 0 Å². The standard InChI is InChI=1S/C18H28N2O2.2ClH/c1-22-17-13-15(7-8-16(17)21)18(14-5-3-2-4-6-14)20-11-9-19-10-12-20;;/h7-8,13-14,18-19,21H,2-6,9-12H2,1H3;2*1H/t18-;;/m0../s1. The Bertz CT molecular complexity index is 472. The number of nitrogens with one attached hydrogen (secondary N) is 1. The van der Waals surface area contributed by atoms with Crippen molar-refractivity contribution < 1.29 is 9.84 Å². The molecular formula is C18H30Cl2N2O2. The second-order valence-electron chi connectivity index (χ2n) is 6.56. The molecule has 0 spiro atoms. The molecule has 1 aromatic rings. The van der Waals surface area contributed by atoms with E-state index in [1.54, 1.807) is 13.2 Å². The molecule has 2 N–H and O–H groups in total. The molecule has 0 amide bonds. The third-order valence-corrected chi connectivity index (χ3v) is 5.19. The summed E-state index contributed by atoms with van der Waals surface area (Å²) in [6.45, 7) is 4.34. The number of benzene rings is 1. The largest absolute Gasteiger partial charge is 0.504 e. The van der Waals surface area contributed by atoms with Crippen LogP contribution in [0.15, 0.2) is 18.2 Å². The van der Waals surface area contributed by atoms with E-state index in [-0.39, 0.29) is 30.6 Å². The van der Waals surface area contributed by atoms with Gasteiger partial charge < -0.3 is 15.2 Å². The Kier molecular flexibility index (Phi) is 9.21. The minimum atomic E-state index is 0. The predicted molar refractivity (Wildman–Crippen MR) is 103 cm³/mol. The Labute approximate surface area is 157 Å². The number of aromatic hydroxyl groups is 1. The normalized spacial score (nSPS) is 20.5. The van der Waals surface area contributed by atoms with E-state index in [0.29, 0.717) is 11.8 Å². The van der Waals surface area contributed by atoms with Crippen LogP contribution in [0, 0.1) is 5.92 Å². The van der Waals surface area contributed by atoms with Crippen LogP contribution >= 0.6 is 24.8 Å². The van der Waals surface area contributed by atoms with Crippen molar-refractivity contribution in [1.29, 1.82) is 0 Å². The zero-order valence-corrected chi connectivity index (χ0v) is 16.0. The molecule has 1 aliphatic heterocycles. The maximum atomic E-state index is 9.89. The van der Waals surface area contributed by atoms with Crippen LogP contribution in [0.3, 0.4) is 0 Å². The first-order valence-corrected chi connectivity index (χ1v) is 8.61. The van der Waals surface area contributed by atoms with E-state index in [1.165, 1.54) is 37.7 Å². The minimum Gasteiger partial charge on any atom is -0.504 e. The smallest absolute Gasteiger partial charge is 0.160 e. The van der Waals surface area contributed by atoms with Gasteiger partial charge in [-0.3, -0.25) is 4.90 Å². The van der Waals surface area contributed by atoms with E-state index in [4.69, 9.17) is 4.74 Å². The van der Waals surface area contributed by atoms with Crippen LogP contribution in [0.1, 0.15) is 43.7 Å². The summed E-state index contributed by atoms with van der Waals surface area (Å²) in [5, 5.41) is 13.3. The fraction of sp³-hybridized carbons (Fsp3) is 0.667. The number of phenolic OH excluding ortho intramolecular Hbond substituents is 1. The highest BCUT2D eigenvalue weighted by Crippen LogP contribution is 2.40. The second kappa shape index (κ2) is 10.3. The number of ether oxygens (including phenoxy) is 1. The molecule has 3 rings (SSSR count). The van der Waals surface area contributed by atoms with Crippen molar-refractivity contribution in [2.75, 3.05) is 33.3 Å². The van der Waals surface area contributed by atoms with Crippen LogP contribution < -0.4 is 10.1 Å². The van der Waals surface area contributed by atoms with Crippen molar-refractivity contribution in [1.82, 2.24) is 10.2 Å². The molecule has 0 bridgehead atoms. The number of halogens is 2. The van der Waals surface area contributed by atoms with Gasteiger partial charge in [0, 0.05) is 32.2 Å². The Morgan fingerprint density at radius 3 is 2.42 bits per heavy atom. The van der Waals surface area contributed by atoms with E-state index in [0.717, 1.165) is 32.1 Å². The molecule has 1 aliphatic carbocycles. The lowest BCUT2D eigenvalue weighted by Gasteiger charge is -2.41. The zero-order valence-electron chi connectivity index (χ0n) is 14.4. The lowest BCUT2D eigenvalue weighted by molar-refractivity contribution is 0.103. The summed E-state index contributed by atoms with van der Waals surface area (Å²) in [5.41, 5.74) is 1.29. The van der Waals surface area contributed by atoms with Gasteiger partial charge in [-0.1, -0.05) is 25.3 Å². The highest BCUT2D eigenvalue weighted by Gasteiger charge is 2.31. The van der Waals surface area contributed by atoms with Gasteiger partial charge in [0.15, 0.2) is 11.5 Å². The van der Waals surface area contributed by atoms with Crippen LogP contribution in [0.25, 0.3) is 0 Å². The van der Waals surface area contributed by atoms with Gasteiger partial charge in [0.1, 0.15) is 0 Å². The molecular weight excluding hydrogens is 347 g/mol. The molecule has 6 heteroatoms. The number of rotatable bonds is 4. The van der Waals surface area contributed by atoms with Crippen molar-refractivity contribution in [2.45, 2.75) is 38.1 Å². The van der Waals surface area contributed by atoms with Crippen LogP contribution in [0.4, 0.5) is 0 Å². The van der Waals surface area contributed by atoms with Crippen molar-refractivity contribution in [3.05, 3.63) is 23.8 Å². The third-order valence-electron chi connectivity index (χ3n) is 5.19. The van der Waals surface area contributed by atoms with Gasteiger partial charge in [-0.25, -0.2) is 0 Å². The van der Waals surface area contributed by atoms with Gasteiger partial charge in [0.25, 0.3) is 0 Å². The number of phenols is 1. The molecule has 0 radical (unpaired) electrons. The Morgan fingerprint density at radius 2 is 1.79 bits per heavy atom. The number of piperazine rings is 1. The Hall–Kier alpha value is -0.680. The third kappa shape index (κ3) is 4.92. The van der Waals surface area contributed by atoms with Crippen LogP contribution in [-0.2, 0) is 0 Å². The van der Waals surface area contributed by atoms with E-state index >= 15 is 0 Å². The monoisotopic (exact) mass is 376 g/mol. The van der Waals surface area contributed by atoms with E-state index in [2.05, 4.69) is 16.3 Å². The van der Waals surface area contributed by atoms with Gasteiger partial charge in [0.05, 0.1) is 7.11 Å². The predicted octanol–water partition coefficient (Wildman–Crippen LogP) is 3.77. The molecule has 138 valence electrons. The summed E-state index contributed by atoms with van der Waals surface area (Å²) in [6.07, 6.45) is 6.71. The number of hydrogen-bond acceptors (Lipinski definition) is 4. The molecule has 1 aromatic carbocycles. The summed E-state index contributed by atoms with van der Waals surface area (Å²) >= 11 is 0. The maximum Gasteiger partial charge on any atom is 0.160 e. The number of methoxy groups -OCH3 is 1. The molecule has 1 saturated heterocycles. The fourth-order valence-corrected chi connectivity index (χ4v) is 4.07. The van der Waals surface area contributed by atoms with Gasteiger partial charge >= 0.3 is 0 Å². The van der Waals surface area contributed by atoms with Gasteiger partial charge in [-0.15, -0.1) is 24.8 Å². The lowest BCUT2D eigenvalue weighted by atomic mass is 9.80. The average molecular weight is 377 g/mol. The van der Waals surface area contributed by atoms with Crippen molar-refractivity contribution >= 4 is 24.8 Å². The van der Waals surface area contributed by atoms with Crippen molar-refractivity contribution in [3.63, 3.8) is 0 Å². The second-order valence-corrected chi connectivity index (χ2v) is 6.56. The first-order chi connectivity index (χ1) is 10.8. The molecule has 0 unspecified atom stereocenters. The lowest BCUT2D eigenvalue weighted by Crippen LogP contribution is -2.47. The first kappa shape index (κ1) is 21.4. The van der Waals surface area contributed by atoms with Crippen molar-refractivity contribution in [2.24, 2.45) is 5.92 Å². The van der Waals surface area contributed by atoms with Crippen LogP contribution in [0.5, 0.6) is 11.5 Å². The summed E-state index contributed by atoms with van der Waals surface area (Å²) in [4.78, 5) is 2.62. The number of nitrogens with zero attached hydrogens (tertiary/aromatic N) is 1. The molecule has 1 atom stereocenters. The summed E-state index contributed by atoms with van der Waals surface area (Å²) in [6, 6.07) is 6.36. The fourth-order valence-electron chi connectivity index (χ4n) is 4.07. The molecule has 1 saturated carbocycles. The SMILES string of the molecule is COc1cc([C@H](C2CCCCC2)N2CCNCC2)ccc1O.Cl.Cl. The van der Waals surface area contributed by atoms with E-state index < -0.39 is 0 Å². The maximum absolute atomic E-state index is 9.89. The molecule has 1 heterocycles. The molecule has 2 fully saturated rings. The molecule has 2 aliphatic rings. The Morgan fingerprint density at radius 1 is 1.12 bits per heavy atom. The quantitative estimate of drug-likeness (QED) is 0.839. The average Bonchev–Trinajstić information content (AvgIpc) is 2.58. The Balaban J connectivity index is 0.00000144. The highest BCUT2D eigenvalue weighted by molar-refractivity contribution is 5.85. The van der Waals surface area contributed by atoms with Crippen molar-refractivity contribution in [3.8, 4) is 11.5 Å². The van der Waals surface area contributed by atoms with E-state index in [9.17, 15) is 5.11 Å². The van der Waals surface area contributed by atoms with E-state index in [1.807, 2.05) is 6.07 Å². The summed E-state index contributed by atoms with van der Waals surface area (Å²) in [5.74, 6) is 1.54. The van der Waals surface area contributed by atoms with Gasteiger partial charge in [-0.05, 0) is 36.5 Å². The zero-order chi connectivity index (χ0) is 15.4. The summed E-state index contributed by atoms with van der Waals surface area (Å²) in [7, 11) is 1.62. The summed E-state index contributed by atoms with van der Waals surface area (Å²) < 4.78 is 5.33. The van der Waals surface area contributed by atoms with Crippen LogP contribution in [0.2, 0.25) is 0 Å². The van der Waals surface area contributed by atoms with Crippen LogP contribution in [-0.4, -0.2) is 43.3 Å².